The minimum Gasteiger partial charge on any atom is -0.461 e. The van der Waals surface area contributed by atoms with Crippen LogP contribution in [0.25, 0.3) is 0 Å². The highest BCUT2D eigenvalue weighted by molar-refractivity contribution is 7.98. The van der Waals surface area contributed by atoms with Crippen molar-refractivity contribution < 1.29 is 14.5 Å². The number of ether oxygens (including phenoxy) is 1. The van der Waals surface area contributed by atoms with E-state index in [-0.39, 0.29) is 17.9 Å². The second-order valence-electron chi connectivity index (χ2n) is 3.15. The molecule has 1 aromatic rings. The maximum atomic E-state index is 10.9. The van der Waals surface area contributed by atoms with Gasteiger partial charge in [0.25, 0.3) is 5.69 Å². The van der Waals surface area contributed by atoms with Gasteiger partial charge in [-0.2, -0.15) is 0 Å². The Hall–Kier alpha value is -1.27. The van der Waals surface area contributed by atoms with Crippen LogP contribution in [0.1, 0.15) is 12.5 Å². The molecule has 0 radical (unpaired) electrons. The molecule has 0 fully saturated rings. The second-order valence-corrected chi connectivity index (χ2v) is 4.41. The van der Waals surface area contributed by atoms with Crippen molar-refractivity contribution in [3.63, 3.8) is 0 Å². The number of thioether (sulfide) groups is 1. The standard InChI is InChI=1S/C10H10ClNO4S/c1-6(13)16-5-7-3-8(11)10(17-2)4-9(7)12(14)15/h3-4H,5H2,1-2H3. The molecule has 0 saturated heterocycles. The summed E-state index contributed by atoms with van der Waals surface area (Å²) >= 11 is 7.25. The summed E-state index contributed by atoms with van der Waals surface area (Å²) in [6.45, 7) is 1.09. The summed E-state index contributed by atoms with van der Waals surface area (Å²) in [6.07, 6.45) is 1.77. The number of hydrogen-bond donors (Lipinski definition) is 0. The first-order valence-electron chi connectivity index (χ1n) is 4.60. The van der Waals surface area contributed by atoms with E-state index in [1.807, 2.05) is 0 Å². The lowest BCUT2D eigenvalue weighted by molar-refractivity contribution is -0.386. The van der Waals surface area contributed by atoms with Crippen LogP contribution in [0.15, 0.2) is 17.0 Å². The fourth-order valence-corrected chi connectivity index (χ4v) is 2.11. The predicted octanol–water partition coefficient (Wildman–Crippen LogP) is 3.03. The Morgan fingerprint density at radius 1 is 1.59 bits per heavy atom. The maximum absolute atomic E-state index is 10.9. The average Bonchev–Trinajstić information content (AvgIpc) is 2.25. The van der Waals surface area contributed by atoms with E-state index in [2.05, 4.69) is 0 Å². The van der Waals surface area contributed by atoms with E-state index in [0.717, 1.165) is 0 Å². The van der Waals surface area contributed by atoms with Gasteiger partial charge in [0.15, 0.2) is 0 Å². The quantitative estimate of drug-likeness (QED) is 0.366. The lowest BCUT2D eigenvalue weighted by Gasteiger charge is -2.07. The molecule has 92 valence electrons. The smallest absolute Gasteiger partial charge is 0.302 e. The van der Waals surface area contributed by atoms with Crippen LogP contribution >= 0.6 is 23.4 Å². The van der Waals surface area contributed by atoms with Gasteiger partial charge in [0.1, 0.15) is 6.61 Å². The number of carbonyl (C=O) groups excluding carboxylic acids is 1. The Balaban J connectivity index is 3.13. The number of esters is 1. The van der Waals surface area contributed by atoms with Crippen molar-refractivity contribution in [1.29, 1.82) is 0 Å². The van der Waals surface area contributed by atoms with Crippen LogP contribution in [0, 0.1) is 10.1 Å². The van der Waals surface area contributed by atoms with E-state index in [1.54, 1.807) is 6.26 Å². The third-order valence-electron chi connectivity index (χ3n) is 1.98. The van der Waals surface area contributed by atoms with E-state index >= 15 is 0 Å². The molecule has 0 atom stereocenters. The summed E-state index contributed by atoms with van der Waals surface area (Å²) in [6, 6.07) is 2.83. The van der Waals surface area contributed by atoms with Gasteiger partial charge in [0, 0.05) is 17.9 Å². The molecule has 17 heavy (non-hydrogen) atoms. The van der Waals surface area contributed by atoms with Gasteiger partial charge in [-0.1, -0.05) is 11.6 Å². The topological polar surface area (TPSA) is 69.4 Å². The van der Waals surface area contributed by atoms with Gasteiger partial charge < -0.3 is 4.74 Å². The van der Waals surface area contributed by atoms with E-state index in [0.29, 0.717) is 9.92 Å². The summed E-state index contributed by atoms with van der Waals surface area (Å²) in [4.78, 5) is 21.6. The molecule has 0 bridgehead atoms. The molecule has 1 rings (SSSR count). The van der Waals surface area contributed by atoms with Crippen molar-refractivity contribution in [2.45, 2.75) is 18.4 Å². The molecule has 5 nitrogen and oxygen atoms in total. The van der Waals surface area contributed by atoms with Crippen molar-refractivity contribution in [1.82, 2.24) is 0 Å². The molecule has 0 unspecified atom stereocenters. The zero-order valence-corrected chi connectivity index (χ0v) is 10.8. The first-order valence-corrected chi connectivity index (χ1v) is 6.20. The Bertz CT molecular complexity index is 464. The summed E-state index contributed by atoms with van der Waals surface area (Å²) in [5.74, 6) is -0.496. The number of nitro groups is 1. The molecule has 0 amide bonds. The van der Waals surface area contributed by atoms with Crippen LogP contribution < -0.4 is 0 Å². The molecule has 0 spiro atoms. The Morgan fingerprint density at radius 2 is 2.24 bits per heavy atom. The Morgan fingerprint density at radius 3 is 2.71 bits per heavy atom. The fraction of sp³-hybridized carbons (Fsp3) is 0.300. The summed E-state index contributed by atoms with van der Waals surface area (Å²) in [5, 5.41) is 11.3. The Labute approximate surface area is 107 Å². The molecule has 0 aliphatic carbocycles. The minimum absolute atomic E-state index is 0.0972. The van der Waals surface area contributed by atoms with Crippen molar-refractivity contribution >= 4 is 35.0 Å². The van der Waals surface area contributed by atoms with E-state index in [1.165, 1.54) is 30.8 Å². The Kier molecular flexibility index (Phi) is 4.77. The highest BCUT2D eigenvalue weighted by Gasteiger charge is 2.18. The maximum Gasteiger partial charge on any atom is 0.302 e. The average molecular weight is 276 g/mol. The first-order chi connectivity index (χ1) is 7.95. The summed E-state index contributed by atoms with van der Waals surface area (Å²) < 4.78 is 4.74. The first kappa shape index (κ1) is 13.8. The minimum atomic E-state index is -0.519. The molecule has 0 aromatic heterocycles. The third-order valence-corrected chi connectivity index (χ3v) is 3.18. The molecule has 0 aliphatic rings. The van der Waals surface area contributed by atoms with Gasteiger partial charge in [-0.25, -0.2) is 0 Å². The normalized spacial score (nSPS) is 10.1. The molecule has 1 aromatic carbocycles. The highest BCUT2D eigenvalue weighted by Crippen LogP contribution is 2.32. The van der Waals surface area contributed by atoms with Crippen LogP contribution in [0.2, 0.25) is 5.02 Å². The number of benzene rings is 1. The predicted molar refractivity (Wildman–Crippen MR) is 65.4 cm³/mol. The van der Waals surface area contributed by atoms with Crippen molar-refractivity contribution in [2.75, 3.05) is 6.26 Å². The van der Waals surface area contributed by atoms with Crippen molar-refractivity contribution in [3.8, 4) is 0 Å². The van der Waals surface area contributed by atoms with Crippen LogP contribution in [0.5, 0.6) is 0 Å². The summed E-state index contributed by atoms with van der Waals surface area (Å²) in [7, 11) is 0. The van der Waals surface area contributed by atoms with Crippen LogP contribution in [-0.2, 0) is 16.1 Å². The summed E-state index contributed by atoms with van der Waals surface area (Å²) in [5.41, 5.74) is 0.188. The number of halogens is 1. The number of hydrogen-bond acceptors (Lipinski definition) is 5. The van der Waals surface area contributed by atoms with E-state index in [4.69, 9.17) is 16.3 Å². The molecular weight excluding hydrogens is 266 g/mol. The third kappa shape index (κ3) is 3.61. The highest BCUT2D eigenvalue weighted by atomic mass is 35.5. The molecule has 0 heterocycles. The van der Waals surface area contributed by atoms with Crippen LogP contribution in [-0.4, -0.2) is 17.1 Å². The van der Waals surface area contributed by atoms with Gasteiger partial charge >= 0.3 is 5.97 Å². The van der Waals surface area contributed by atoms with Crippen LogP contribution in [0.3, 0.4) is 0 Å². The van der Waals surface area contributed by atoms with E-state index in [9.17, 15) is 14.9 Å². The molecule has 0 N–H and O–H groups in total. The second kappa shape index (κ2) is 5.88. The van der Waals surface area contributed by atoms with Gasteiger partial charge in [0.05, 0.1) is 15.5 Å². The molecule has 7 heteroatoms. The molecule has 0 saturated carbocycles. The van der Waals surface area contributed by atoms with Gasteiger partial charge in [0.2, 0.25) is 0 Å². The fourth-order valence-electron chi connectivity index (χ4n) is 1.21. The SMILES string of the molecule is CSc1cc([N+](=O)[O-])c(COC(C)=O)cc1Cl. The van der Waals surface area contributed by atoms with E-state index < -0.39 is 10.9 Å². The lowest BCUT2D eigenvalue weighted by Crippen LogP contribution is -2.02. The number of nitro benzene ring substituents is 1. The lowest BCUT2D eigenvalue weighted by atomic mass is 10.2. The number of carbonyl (C=O) groups is 1. The largest absolute Gasteiger partial charge is 0.461 e. The zero-order chi connectivity index (χ0) is 13.0. The van der Waals surface area contributed by atoms with Crippen molar-refractivity contribution in [3.05, 3.63) is 32.8 Å². The number of rotatable bonds is 4. The van der Waals surface area contributed by atoms with Gasteiger partial charge in [-0.05, 0) is 12.3 Å². The van der Waals surface area contributed by atoms with Gasteiger partial charge in [-0.15, -0.1) is 11.8 Å². The van der Waals surface area contributed by atoms with Gasteiger partial charge in [-0.3, -0.25) is 14.9 Å². The zero-order valence-electron chi connectivity index (χ0n) is 9.23. The molecule has 0 aliphatic heterocycles. The number of nitrogens with zero attached hydrogens (tertiary/aromatic N) is 1. The van der Waals surface area contributed by atoms with Crippen molar-refractivity contribution in [2.24, 2.45) is 0 Å². The monoisotopic (exact) mass is 275 g/mol. The molecular formula is C10H10ClNO4S. The van der Waals surface area contributed by atoms with Crippen LogP contribution in [0.4, 0.5) is 5.69 Å².